The molecular formula is C26H34N2O5. The van der Waals surface area contributed by atoms with Crippen molar-refractivity contribution in [2.45, 2.75) is 78.8 Å². The summed E-state index contributed by atoms with van der Waals surface area (Å²) in [6.45, 7) is 10.4. The summed E-state index contributed by atoms with van der Waals surface area (Å²) in [7, 11) is 0. The van der Waals surface area contributed by atoms with Gasteiger partial charge in [0.2, 0.25) is 11.8 Å². The van der Waals surface area contributed by atoms with Crippen LogP contribution in [0.4, 0.5) is 5.69 Å². The highest BCUT2D eigenvalue weighted by atomic mass is 16.5. The molecule has 3 aliphatic rings. The Morgan fingerprint density at radius 2 is 1.61 bits per heavy atom. The molecule has 0 spiro atoms. The fourth-order valence-electron chi connectivity index (χ4n) is 5.80. The van der Waals surface area contributed by atoms with Crippen LogP contribution in [0.2, 0.25) is 0 Å². The van der Waals surface area contributed by atoms with Gasteiger partial charge in [-0.05, 0) is 54.9 Å². The van der Waals surface area contributed by atoms with Crippen molar-refractivity contribution < 1.29 is 23.9 Å². The molecule has 2 saturated carbocycles. The van der Waals surface area contributed by atoms with Crippen LogP contribution in [0.3, 0.4) is 0 Å². The molecule has 1 saturated heterocycles. The summed E-state index contributed by atoms with van der Waals surface area (Å²) in [5, 5.41) is 0. The first-order valence-electron chi connectivity index (χ1n) is 12.0. The van der Waals surface area contributed by atoms with Gasteiger partial charge < -0.3 is 9.64 Å². The standard InChI is InChI=1S/C26H34N2O5/c1-6-33-24(32)16-11-13-18(14-12-16)28-20(29)15-19(22(28)30)27(17-9-7-8-10-17)23(31)21-25(2,3)26(21,4)5/h11-14,17,19,21H,6-10,15H2,1-5H3. The van der Waals surface area contributed by atoms with Gasteiger partial charge in [0.05, 0.1) is 24.3 Å². The fourth-order valence-corrected chi connectivity index (χ4v) is 5.80. The molecule has 1 aliphatic heterocycles. The lowest BCUT2D eigenvalue weighted by Gasteiger charge is -2.34. The minimum Gasteiger partial charge on any atom is -0.462 e. The summed E-state index contributed by atoms with van der Waals surface area (Å²) in [4.78, 5) is 55.1. The topological polar surface area (TPSA) is 84.0 Å². The average Bonchev–Trinajstić information content (AvgIpc) is 3.18. The van der Waals surface area contributed by atoms with E-state index < -0.39 is 12.0 Å². The Bertz CT molecular complexity index is 961. The first-order chi connectivity index (χ1) is 15.5. The molecule has 1 heterocycles. The Morgan fingerprint density at radius 3 is 2.12 bits per heavy atom. The van der Waals surface area contributed by atoms with E-state index in [1.54, 1.807) is 36.1 Å². The summed E-state index contributed by atoms with van der Waals surface area (Å²) in [6, 6.07) is 5.49. The average molecular weight is 455 g/mol. The number of imide groups is 1. The number of esters is 1. The van der Waals surface area contributed by atoms with Gasteiger partial charge >= 0.3 is 5.97 Å². The Balaban J connectivity index is 1.60. The molecule has 1 aromatic carbocycles. The zero-order chi connectivity index (χ0) is 24.1. The van der Waals surface area contributed by atoms with Gasteiger partial charge in [-0.1, -0.05) is 40.5 Å². The number of carbonyl (C=O) groups is 4. The number of benzene rings is 1. The highest BCUT2D eigenvalue weighted by Gasteiger charge is 2.69. The molecule has 2 aliphatic carbocycles. The van der Waals surface area contributed by atoms with Crippen molar-refractivity contribution in [3.8, 4) is 0 Å². The lowest BCUT2D eigenvalue weighted by atomic mass is 10.0. The normalized spacial score (nSPS) is 24.3. The molecule has 7 nitrogen and oxygen atoms in total. The lowest BCUT2D eigenvalue weighted by molar-refractivity contribution is -0.143. The summed E-state index contributed by atoms with van der Waals surface area (Å²) in [6.07, 6.45) is 3.78. The molecule has 3 amide bonds. The van der Waals surface area contributed by atoms with E-state index in [4.69, 9.17) is 4.74 Å². The van der Waals surface area contributed by atoms with Crippen molar-refractivity contribution in [1.29, 1.82) is 0 Å². The number of carbonyl (C=O) groups excluding carboxylic acids is 4. The van der Waals surface area contributed by atoms with Gasteiger partial charge in [-0.25, -0.2) is 9.69 Å². The molecule has 0 aromatic heterocycles. The van der Waals surface area contributed by atoms with Crippen LogP contribution in [0, 0.1) is 16.7 Å². The number of anilines is 1. The second-order valence-electron chi connectivity index (χ2n) is 10.6. The zero-order valence-corrected chi connectivity index (χ0v) is 20.2. The smallest absolute Gasteiger partial charge is 0.338 e. The van der Waals surface area contributed by atoms with E-state index in [2.05, 4.69) is 27.7 Å². The maximum Gasteiger partial charge on any atom is 0.338 e. The van der Waals surface area contributed by atoms with E-state index in [0.717, 1.165) is 30.6 Å². The van der Waals surface area contributed by atoms with Gasteiger partial charge in [0.1, 0.15) is 6.04 Å². The molecule has 0 radical (unpaired) electrons. The van der Waals surface area contributed by atoms with Crippen LogP contribution in [0.15, 0.2) is 24.3 Å². The Morgan fingerprint density at radius 1 is 1.03 bits per heavy atom. The van der Waals surface area contributed by atoms with Crippen LogP contribution >= 0.6 is 0 Å². The maximum absolute atomic E-state index is 13.8. The van der Waals surface area contributed by atoms with Crippen molar-refractivity contribution in [3.05, 3.63) is 29.8 Å². The van der Waals surface area contributed by atoms with Gasteiger partial charge in [0.15, 0.2) is 0 Å². The van der Waals surface area contributed by atoms with Crippen LogP contribution in [-0.4, -0.2) is 47.3 Å². The number of hydrogen-bond acceptors (Lipinski definition) is 5. The first kappa shape index (κ1) is 23.5. The van der Waals surface area contributed by atoms with Crippen molar-refractivity contribution in [2.75, 3.05) is 11.5 Å². The lowest BCUT2D eigenvalue weighted by Crippen LogP contribution is -2.51. The summed E-state index contributed by atoms with van der Waals surface area (Å²) < 4.78 is 5.00. The van der Waals surface area contributed by atoms with Crippen molar-refractivity contribution in [2.24, 2.45) is 16.7 Å². The van der Waals surface area contributed by atoms with Crippen molar-refractivity contribution >= 4 is 29.4 Å². The van der Waals surface area contributed by atoms with Crippen molar-refractivity contribution in [1.82, 2.24) is 4.90 Å². The summed E-state index contributed by atoms with van der Waals surface area (Å²) >= 11 is 0. The third-order valence-corrected chi connectivity index (χ3v) is 8.34. The molecule has 0 bridgehead atoms. The van der Waals surface area contributed by atoms with Crippen molar-refractivity contribution in [3.63, 3.8) is 0 Å². The summed E-state index contributed by atoms with van der Waals surface area (Å²) in [5.74, 6) is -1.29. The molecule has 178 valence electrons. The maximum atomic E-state index is 13.8. The molecule has 0 N–H and O–H groups in total. The van der Waals surface area contributed by atoms with Gasteiger partial charge in [-0.2, -0.15) is 0 Å². The number of rotatable bonds is 6. The van der Waals surface area contributed by atoms with Crippen LogP contribution in [0.1, 0.15) is 77.1 Å². The minimum absolute atomic E-state index is 0.00223. The Hall–Kier alpha value is -2.70. The van der Waals surface area contributed by atoms with Gasteiger partial charge in [0.25, 0.3) is 5.91 Å². The predicted octanol–water partition coefficient (Wildman–Crippen LogP) is 3.95. The molecule has 1 atom stereocenters. The Labute approximate surface area is 195 Å². The van der Waals surface area contributed by atoms with Gasteiger partial charge in [-0.3, -0.25) is 14.4 Å². The van der Waals surface area contributed by atoms with Crippen LogP contribution in [0.5, 0.6) is 0 Å². The SMILES string of the molecule is CCOC(=O)c1ccc(N2C(=O)CC(N(C(=O)C3C(C)(C)C3(C)C)C3CCCC3)C2=O)cc1. The van der Waals surface area contributed by atoms with E-state index in [-0.39, 0.29) is 53.5 Å². The number of nitrogens with zero attached hydrogens (tertiary/aromatic N) is 2. The quantitative estimate of drug-likeness (QED) is 0.480. The van der Waals surface area contributed by atoms with Gasteiger partial charge in [0, 0.05) is 12.0 Å². The molecule has 1 unspecified atom stereocenters. The fraction of sp³-hybridized carbons (Fsp3) is 0.615. The molecule has 33 heavy (non-hydrogen) atoms. The van der Waals surface area contributed by atoms with E-state index in [1.165, 1.54) is 0 Å². The van der Waals surface area contributed by atoms with E-state index in [1.807, 2.05) is 0 Å². The molecule has 7 heteroatoms. The van der Waals surface area contributed by atoms with Crippen LogP contribution < -0.4 is 4.90 Å². The van der Waals surface area contributed by atoms with E-state index >= 15 is 0 Å². The second kappa shape index (κ2) is 8.26. The monoisotopic (exact) mass is 454 g/mol. The third kappa shape index (κ3) is 3.75. The second-order valence-corrected chi connectivity index (χ2v) is 10.6. The Kier molecular flexibility index (Phi) is 5.87. The first-order valence-corrected chi connectivity index (χ1v) is 12.0. The molecule has 3 fully saturated rings. The largest absolute Gasteiger partial charge is 0.462 e. The number of ether oxygens (including phenoxy) is 1. The minimum atomic E-state index is -0.773. The predicted molar refractivity (Wildman–Crippen MR) is 123 cm³/mol. The third-order valence-electron chi connectivity index (χ3n) is 8.34. The van der Waals surface area contributed by atoms with Crippen LogP contribution in [0.25, 0.3) is 0 Å². The molecule has 4 rings (SSSR count). The van der Waals surface area contributed by atoms with E-state index in [0.29, 0.717) is 11.3 Å². The molecular weight excluding hydrogens is 420 g/mol. The zero-order valence-electron chi connectivity index (χ0n) is 20.2. The number of hydrogen-bond donors (Lipinski definition) is 0. The highest BCUT2D eigenvalue weighted by molar-refractivity contribution is 6.23. The highest BCUT2D eigenvalue weighted by Crippen LogP contribution is 2.69. The van der Waals surface area contributed by atoms with Crippen LogP contribution in [-0.2, 0) is 19.1 Å². The number of amides is 3. The summed E-state index contributed by atoms with van der Waals surface area (Å²) in [5.41, 5.74) is 0.480. The van der Waals surface area contributed by atoms with Gasteiger partial charge in [-0.15, -0.1) is 0 Å². The van der Waals surface area contributed by atoms with E-state index in [9.17, 15) is 19.2 Å². The molecule has 1 aromatic rings.